The molecule has 0 aromatic rings. The quantitative estimate of drug-likeness (QED) is 0.173. The van der Waals surface area contributed by atoms with Gasteiger partial charge in [0.15, 0.2) is 0 Å². The summed E-state index contributed by atoms with van der Waals surface area (Å²) in [6.07, 6.45) is -4.20. The maximum absolute atomic E-state index is 12.2. The Morgan fingerprint density at radius 3 is 1.97 bits per heavy atom. The van der Waals surface area contributed by atoms with E-state index in [1.807, 2.05) is 0 Å². The van der Waals surface area contributed by atoms with E-state index in [-0.39, 0.29) is 24.9 Å². The van der Waals surface area contributed by atoms with E-state index in [4.69, 9.17) is 53.1 Å². The van der Waals surface area contributed by atoms with Gasteiger partial charge in [0.25, 0.3) is 0 Å². The van der Waals surface area contributed by atoms with Crippen LogP contribution >= 0.6 is 0 Å². The van der Waals surface area contributed by atoms with Gasteiger partial charge in [0, 0.05) is 17.8 Å². The van der Waals surface area contributed by atoms with Crippen molar-refractivity contribution in [2.75, 3.05) is 33.1 Å². The van der Waals surface area contributed by atoms with Crippen molar-refractivity contribution in [1.82, 2.24) is 0 Å². The van der Waals surface area contributed by atoms with Crippen LogP contribution in [0.2, 0.25) is 5.82 Å². The van der Waals surface area contributed by atoms with Crippen LogP contribution in [0.25, 0.3) is 0 Å². The second kappa shape index (κ2) is 10.8. The first-order valence-corrected chi connectivity index (χ1v) is 11.4. The average molecular weight is 500 g/mol. The van der Waals surface area contributed by atoms with Gasteiger partial charge in [-0.3, -0.25) is 0 Å². The first-order valence-electron chi connectivity index (χ1n) is 11.4. The summed E-state index contributed by atoms with van der Waals surface area (Å²) in [6, 6.07) is -1.91. The number of ether oxygens (including phenoxy) is 3. The molecule has 3 saturated heterocycles. The third-order valence-electron chi connectivity index (χ3n) is 7.96. The fraction of sp³-hybridized carbons (Fsp3) is 1.00. The van der Waals surface area contributed by atoms with Gasteiger partial charge in [0.05, 0.1) is 52.5 Å². The van der Waals surface area contributed by atoms with Crippen LogP contribution in [0.15, 0.2) is 0 Å². The Morgan fingerprint density at radius 1 is 0.943 bits per heavy atom. The van der Waals surface area contributed by atoms with E-state index in [0.29, 0.717) is 13.0 Å². The van der Waals surface area contributed by atoms with Crippen LogP contribution in [0.5, 0.6) is 0 Å². The molecule has 3 heterocycles. The lowest BCUT2D eigenvalue weighted by Crippen LogP contribution is -2.51. The first-order chi connectivity index (χ1) is 16.4. The van der Waals surface area contributed by atoms with Crippen LogP contribution in [0.3, 0.4) is 0 Å². The Bertz CT molecular complexity index is 728. The minimum Gasteiger partial charge on any atom is -0.396 e. The van der Waals surface area contributed by atoms with Crippen LogP contribution in [0, 0.1) is 11.3 Å². The second-order valence-corrected chi connectivity index (χ2v) is 9.90. The maximum Gasteiger partial charge on any atom is 0.139 e. The zero-order valence-corrected chi connectivity index (χ0v) is 19.1. The molecule has 0 spiro atoms. The molecule has 6 radical (unpaired) electrons. The van der Waals surface area contributed by atoms with Gasteiger partial charge in [-0.2, -0.15) is 0 Å². The number of aliphatic hydroxyl groups is 8. The van der Waals surface area contributed by atoms with Gasteiger partial charge < -0.3 is 55.1 Å². The molecule has 3 aliphatic heterocycles. The molecule has 5 fully saturated rings. The number of aliphatic hydroxyl groups excluding tert-OH is 7. The Balaban J connectivity index is 0.000000147. The maximum atomic E-state index is 12.2. The number of rotatable bonds is 4. The molecule has 2 saturated carbocycles. The minimum absolute atomic E-state index is 0.0659. The van der Waals surface area contributed by atoms with E-state index in [2.05, 4.69) is 0 Å². The highest BCUT2D eigenvalue weighted by Gasteiger charge is 2.68. The highest BCUT2D eigenvalue weighted by molar-refractivity contribution is 6.13. The fourth-order valence-corrected chi connectivity index (χ4v) is 5.30. The van der Waals surface area contributed by atoms with Gasteiger partial charge in [-0.05, 0) is 18.2 Å². The van der Waals surface area contributed by atoms with Crippen molar-refractivity contribution >= 4 is 23.5 Å². The summed E-state index contributed by atoms with van der Waals surface area (Å²) in [4.78, 5) is 0. The Kier molecular flexibility index (Phi) is 9.04. The Labute approximate surface area is 206 Å². The molecule has 11 nitrogen and oxygen atoms in total. The number of hydrogen-bond acceptors (Lipinski definition) is 11. The van der Waals surface area contributed by atoms with Crippen molar-refractivity contribution in [3.63, 3.8) is 0 Å². The predicted molar refractivity (Wildman–Crippen MR) is 118 cm³/mol. The second-order valence-electron chi connectivity index (χ2n) is 9.90. The third kappa shape index (κ3) is 4.83. The first kappa shape index (κ1) is 29.2. The predicted octanol–water partition coefficient (Wildman–Crippen LogP) is -5.00. The SMILES string of the molecule is [B][C@@H]1O[C@@]2(CO)CCO[C@@H]1[C@@H]2O.[B][C@@H]1O[C@H](CO)[C@@H](O)[C@]1(O)CF.[B][C@H]1[C@H](O)[C@H](O)[C@@]2(CO)C[C@H]12. The van der Waals surface area contributed by atoms with Crippen molar-refractivity contribution in [2.45, 2.75) is 78.5 Å². The monoisotopic (exact) mass is 500 g/mol. The molecule has 0 unspecified atom stereocenters. The zero-order chi connectivity index (χ0) is 26.3. The lowest BCUT2D eigenvalue weighted by atomic mass is 9.81. The summed E-state index contributed by atoms with van der Waals surface area (Å²) < 4.78 is 27.5. The molecule has 8 N–H and O–H groups in total. The molecule has 13 atom stereocenters. The van der Waals surface area contributed by atoms with Crippen LogP contribution in [-0.4, -0.2) is 157 Å². The van der Waals surface area contributed by atoms with E-state index in [1.54, 1.807) is 0 Å². The Hall–Kier alpha value is -0.315. The molecule has 5 rings (SSSR count). The topological polar surface area (TPSA) is 190 Å². The van der Waals surface area contributed by atoms with Crippen LogP contribution in [0.1, 0.15) is 12.8 Å². The molecule has 0 aromatic carbocycles. The summed E-state index contributed by atoms with van der Waals surface area (Å²) in [6.45, 7) is -1.50. The standard InChI is InChI=1S/C7H11BO4.C7H11BO3.C6H10BFO4/c8-6-4-5(10)7(3-9,12-6)1-2-11-4;8-4-3-1-7(3,2-9)6(11)5(4)10;7-5-6(11,2-8)4(10)3(1-9)12-5/h4-6,9-10H,1-3H2;3-6,9-11H,1-2H2;3-5,9-11H,1-2H2/t4-,5+,6-,7-;3-,4-,5+,6+,7-;3-,4-,5-,6-/m111/s1. The normalized spacial score (nSPS) is 53.7. The molecule has 2 bridgehead atoms. The van der Waals surface area contributed by atoms with E-state index < -0.39 is 78.5 Å². The summed E-state index contributed by atoms with van der Waals surface area (Å²) in [5.41, 5.74) is -3.42. The van der Waals surface area contributed by atoms with E-state index in [1.165, 1.54) is 0 Å². The number of alkyl halides is 1. The van der Waals surface area contributed by atoms with Gasteiger partial charge in [-0.1, -0.05) is 0 Å². The highest BCUT2D eigenvalue weighted by Crippen LogP contribution is 2.67. The number of halogens is 1. The third-order valence-corrected chi connectivity index (χ3v) is 7.96. The van der Waals surface area contributed by atoms with Crippen molar-refractivity contribution < 1.29 is 59.5 Å². The molecule has 15 heteroatoms. The summed E-state index contributed by atoms with van der Waals surface area (Å²) in [5, 5.41) is 73.5. The molecule has 0 amide bonds. The fourth-order valence-electron chi connectivity index (χ4n) is 5.30. The highest BCUT2D eigenvalue weighted by atomic mass is 19.1. The molecule has 2 aliphatic carbocycles. The van der Waals surface area contributed by atoms with Gasteiger partial charge in [0.2, 0.25) is 0 Å². The lowest BCUT2D eigenvalue weighted by Gasteiger charge is -2.34. The van der Waals surface area contributed by atoms with Crippen molar-refractivity contribution in [3.05, 3.63) is 0 Å². The lowest BCUT2D eigenvalue weighted by molar-refractivity contribution is -0.138. The molecule has 5 aliphatic rings. The molecule has 0 aromatic heterocycles. The van der Waals surface area contributed by atoms with E-state index >= 15 is 0 Å². The smallest absolute Gasteiger partial charge is 0.139 e. The Morgan fingerprint density at radius 2 is 1.60 bits per heavy atom. The summed E-state index contributed by atoms with van der Waals surface area (Å²) in [7, 11) is 16.3. The molecular weight excluding hydrogens is 468 g/mol. The van der Waals surface area contributed by atoms with Gasteiger partial charge in [0.1, 0.15) is 58.0 Å². The number of fused-ring (bicyclic) bond motifs is 3. The van der Waals surface area contributed by atoms with Crippen LogP contribution in [-0.2, 0) is 14.2 Å². The van der Waals surface area contributed by atoms with Crippen molar-refractivity contribution in [1.29, 1.82) is 0 Å². The van der Waals surface area contributed by atoms with E-state index in [9.17, 15) is 29.9 Å². The zero-order valence-electron chi connectivity index (χ0n) is 19.1. The van der Waals surface area contributed by atoms with Gasteiger partial charge >= 0.3 is 0 Å². The van der Waals surface area contributed by atoms with Crippen LogP contribution < -0.4 is 0 Å². The van der Waals surface area contributed by atoms with Crippen LogP contribution in [0.4, 0.5) is 4.39 Å². The van der Waals surface area contributed by atoms with E-state index in [0.717, 1.165) is 6.42 Å². The van der Waals surface area contributed by atoms with Gasteiger partial charge in [-0.15, -0.1) is 0 Å². The molecule has 194 valence electrons. The van der Waals surface area contributed by atoms with Crippen molar-refractivity contribution in [2.24, 2.45) is 11.3 Å². The minimum atomic E-state index is -2.09. The molecular formula is C20H32B3FO11. The summed E-state index contributed by atoms with van der Waals surface area (Å²) in [5.74, 6) is -0.227. The summed E-state index contributed by atoms with van der Waals surface area (Å²) >= 11 is 0. The average Bonchev–Trinajstić information content (AvgIpc) is 3.50. The largest absolute Gasteiger partial charge is 0.396 e. The van der Waals surface area contributed by atoms with Crippen molar-refractivity contribution in [3.8, 4) is 0 Å². The van der Waals surface area contributed by atoms with Gasteiger partial charge in [-0.25, -0.2) is 4.39 Å². The molecule has 35 heavy (non-hydrogen) atoms. The number of hydrogen-bond donors (Lipinski definition) is 8.